The molecule has 0 aliphatic heterocycles. The Morgan fingerprint density at radius 1 is 1.00 bits per heavy atom. The van der Waals surface area contributed by atoms with Gasteiger partial charge in [-0.05, 0) is 25.8 Å². The van der Waals surface area contributed by atoms with Gasteiger partial charge in [0.15, 0.2) is 5.96 Å². The highest BCUT2D eigenvalue weighted by Crippen LogP contribution is 2.02. The van der Waals surface area contributed by atoms with Crippen molar-refractivity contribution in [2.45, 2.75) is 44.2 Å². The zero-order valence-electron chi connectivity index (χ0n) is 14.3. The molecule has 0 aromatic carbocycles. The molecule has 12 heteroatoms. The number of carbonyl (C=O) groups is 4. The SMILES string of the molecule is NCCCC(=O)N[C@@H](CC(=O)O)C(=O)N[C@@H](CCCN=C(N)N)C(=O)O. The molecule has 0 aliphatic rings. The molecule has 0 saturated heterocycles. The number of carboxylic acid groups (broad SMARTS) is 2. The highest BCUT2D eigenvalue weighted by molar-refractivity contribution is 5.92. The van der Waals surface area contributed by atoms with Crippen LogP contribution in [0.25, 0.3) is 0 Å². The average Bonchev–Trinajstić information content (AvgIpc) is 2.53. The van der Waals surface area contributed by atoms with Crippen molar-refractivity contribution in [1.82, 2.24) is 10.6 Å². The summed E-state index contributed by atoms with van der Waals surface area (Å²) in [4.78, 5) is 49.7. The smallest absolute Gasteiger partial charge is 0.326 e. The summed E-state index contributed by atoms with van der Waals surface area (Å²) in [5.41, 5.74) is 15.6. The maximum atomic E-state index is 12.2. The lowest BCUT2D eigenvalue weighted by Crippen LogP contribution is -2.52. The number of carbonyl (C=O) groups excluding carboxylic acids is 2. The Morgan fingerprint density at radius 2 is 1.65 bits per heavy atom. The maximum absolute atomic E-state index is 12.2. The number of aliphatic imine (C=N–C) groups is 1. The molecular weight excluding hydrogens is 348 g/mol. The van der Waals surface area contributed by atoms with Crippen LogP contribution in [0.1, 0.15) is 32.1 Å². The predicted octanol–water partition coefficient (Wildman–Crippen LogP) is -2.69. The zero-order chi connectivity index (χ0) is 20.1. The second-order valence-electron chi connectivity index (χ2n) is 5.46. The van der Waals surface area contributed by atoms with Crippen LogP contribution in [0.5, 0.6) is 0 Å². The van der Waals surface area contributed by atoms with Gasteiger partial charge in [-0.15, -0.1) is 0 Å². The molecule has 0 aromatic rings. The highest BCUT2D eigenvalue weighted by atomic mass is 16.4. The van der Waals surface area contributed by atoms with Gasteiger partial charge in [0.25, 0.3) is 0 Å². The number of hydrogen-bond acceptors (Lipinski definition) is 6. The van der Waals surface area contributed by atoms with Gasteiger partial charge in [0.05, 0.1) is 6.42 Å². The van der Waals surface area contributed by atoms with E-state index in [0.29, 0.717) is 6.42 Å². The highest BCUT2D eigenvalue weighted by Gasteiger charge is 2.27. The average molecular weight is 374 g/mol. The Kier molecular flexibility index (Phi) is 11.1. The summed E-state index contributed by atoms with van der Waals surface area (Å²) in [6.07, 6.45) is 0.0253. The summed E-state index contributed by atoms with van der Waals surface area (Å²) < 4.78 is 0. The number of carboxylic acids is 2. The van der Waals surface area contributed by atoms with Gasteiger partial charge < -0.3 is 38.0 Å². The second kappa shape index (κ2) is 12.5. The van der Waals surface area contributed by atoms with Gasteiger partial charge in [0, 0.05) is 13.0 Å². The molecule has 0 radical (unpaired) electrons. The summed E-state index contributed by atoms with van der Waals surface area (Å²) in [5.74, 6) is -4.20. The Hall–Kier alpha value is -2.89. The van der Waals surface area contributed by atoms with E-state index in [0.717, 1.165) is 0 Å². The van der Waals surface area contributed by atoms with E-state index in [2.05, 4.69) is 15.6 Å². The Labute approximate surface area is 150 Å². The summed E-state index contributed by atoms with van der Waals surface area (Å²) in [7, 11) is 0. The van der Waals surface area contributed by atoms with Crippen LogP contribution in [-0.2, 0) is 19.2 Å². The standard InChI is InChI=1S/C14H26N6O6/c15-5-1-4-10(21)19-9(7-11(22)23)12(24)20-8(13(25)26)3-2-6-18-14(16)17/h8-9H,1-7,15H2,(H,19,21)(H,20,24)(H,22,23)(H,25,26)(H4,16,17,18)/t8-,9-/m0/s1. The Bertz CT molecular complexity index is 534. The van der Waals surface area contributed by atoms with Crippen molar-refractivity contribution in [2.75, 3.05) is 13.1 Å². The van der Waals surface area contributed by atoms with Crippen molar-refractivity contribution < 1.29 is 29.4 Å². The molecule has 2 amide bonds. The molecule has 0 unspecified atom stereocenters. The first-order valence-corrected chi connectivity index (χ1v) is 7.97. The van der Waals surface area contributed by atoms with Gasteiger partial charge in [-0.3, -0.25) is 19.4 Å². The van der Waals surface area contributed by atoms with Crippen LogP contribution in [0.2, 0.25) is 0 Å². The van der Waals surface area contributed by atoms with E-state index in [4.69, 9.17) is 22.3 Å². The second-order valence-corrected chi connectivity index (χ2v) is 5.46. The van der Waals surface area contributed by atoms with Crippen LogP contribution < -0.4 is 27.8 Å². The molecule has 26 heavy (non-hydrogen) atoms. The minimum atomic E-state index is -1.39. The number of nitrogens with zero attached hydrogens (tertiary/aromatic N) is 1. The first-order valence-electron chi connectivity index (χ1n) is 7.97. The van der Waals surface area contributed by atoms with Gasteiger partial charge in [-0.1, -0.05) is 0 Å². The van der Waals surface area contributed by atoms with E-state index < -0.39 is 42.3 Å². The van der Waals surface area contributed by atoms with Gasteiger partial charge >= 0.3 is 11.9 Å². The quantitative estimate of drug-likeness (QED) is 0.101. The van der Waals surface area contributed by atoms with Crippen LogP contribution in [0.15, 0.2) is 4.99 Å². The van der Waals surface area contributed by atoms with Gasteiger partial charge in [-0.2, -0.15) is 0 Å². The minimum Gasteiger partial charge on any atom is -0.481 e. The number of guanidine groups is 1. The number of nitrogens with one attached hydrogen (secondary N) is 2. The molecule has 0 aliphatic carbocycles. The minimum absolute atomic E-state index is 0.0266. The molecule has 12 nitrogen and oxygen atoms in total. The first kappa shape index (κ1) is 23.1. The third kappa shape index (κ3) is 10.8. The number of amides is 2. The number of aliphatic carboxylic acids is 2. The fraction of sp³-hybridized carbons (Fsp3) is 0.643. The van der Waals surface area contributed by atoms with Crippen molar-refractivity contribution in [2.24, 2.45) is 22.2 Å². The molecule has 148 valence electrons. The fourth-order valence-corrected chi connectivity index (χ4v) is 1.95. The first-order chi connectivity index (χ1) is 12.2. The van der Waals surface area contributed by atoms with Crippen molar-refractivity contribution in [3.05, 3.63) is 0 Å². The number of nitrogens with two attached hydrogens (primary N) is 3. The molecular formula is C14H26N6O6. The lowest BCUT2D eigenvalue weighted by Gasteiger charge is -2.20. The van der Waals surface area contributed by atoms with Crippen LogP contribution in [0, 0.1) is 0 Å². The van der Waals surface area contributed by atoms with E-state index in [-0.39, 0.29) is 38.3 Å². The zero-order valence-corrected chi connectivity index (χ0v) is 14.3. The molecule has 0 rings (SSSR count). The maximum Gasteiger partial charge on any atom is 0.326 e. The van der Waals surface area contributed by atoms with E-state index in [1.165, 1.54) is 0 Å². The topological polar surface area (TPSA) is 223 Å². The van der Waals surface area contributed by atoms with E-state index in [1.807, 2.05) is 0 Å². The number of hydrogen-bond donors (Lipinski definition) is 7. The van der Waals surface area contributed by atoms with Crippen molar-refractivity contribution in [3.63, 3.8) is 0 Å². The van der Waals surface area contributed by atoms with Gasteiger partial charge in [0.2, 0.25) is 11.8 Å². The monoisotopic (exact) mass is 374 g/mol. The van der Waals surface area contributed by atoms with Gasteiger partial charge in [-0.25, -0.2) is 4.79 Å². The van der Waals surface area contributed by atoms with Crippen molar-refractivity contribution in [3.8, 4) is 0 Å². The number of rotatable bonds is 13. The van der Waals surface area contributed by atoms with Crippen LogP contribution in [-0.4, -0.2) is 65.1 Å². The summed E-state index contributed by atoms with van der Waals surface area (Å²) >= 11 is 0. The molecule has 0 bridgehead atoms. The van der Waals surface area contributed by atoms with Gasteiger partial charge in [0.1, 0.15) is 12.1 Å². The molecule has 0 fully saturated rings. The summed E-state index contributed by atoms with van der Waals surface area (Å²) in [5, 5.41) is 22.6. The summed E-state index contributed by atoms with van der Waals surface area (Å²) in [6, 6.07) is -2.66. The third-order valence-electron chi connectivity index (χ3n) is 3.20. The Morgan fingerprint density at radius 3 is 2.15 bits per heavy atom. The van der Waals surface area contributed by atoms with Crippen LogP contribution in [0.3, 0.4) is 0 Å². The predicted molar refractivity (Wildman–Crippen MR) is 91.9 cm³/mol. The van der Waals surface area contributed by atoms with Crippen LogP contribution in [0.4, 0.5) is 0 Å². The largest absolute Gasteiger partial charge is 0.481 e. The van der Waals surface area contributed by atoms with Crippen molar-refractivity contribution >= 4 is 29.7 Å². The third-order valence-corrected chi connectivity index (χ3v) is 3.20. The molecule has 0 spiro atoms. The molecule has 0 heterocycles. The van der Waals surface area contributed by atoms with Crippen molar-refractivity contribution in [1.29, 1.82) is 0 Å². The summed E-state index contributed by atoms with van der Waals surface area (Å²) in [6.45, 7) is 0.441. The van der Waals surface area contributed by atoms with E-state index in [9.17, 15) is 24.3 Å². The lowest BCUT2D eigenvalue weighted by molar-refractivity contribution is -0.143. The molecule has 2 atom stereocenters. The molecule has 0 saturated carbocycles. The lowest BCUT2D eigenvalue weighted by atomic mass is 10.1. The van der Waals surface area contributed by atoms with E-state index >= 15 is 0 Å². The molecule has 10 N–H and O–H groups in total. The van der Waals surface area contributed by atoms with Crippen LogP contribution >= 0.6 is 0 Å². The normalized spacial score (nSPS) is 12.5. The molecule has 0 aromatic heterocycles. The fourth-order valence-electron chi connectivity index (χ4n) is 1.95. The Balaban J connectivity index is 4.82. The van der Waals surface area contributed by atoms with E-state index in [1.54, 1.807) is 0 Å².